The maximum atomic E-state index is 11.2. The molecule has 3 rings (SSSR count). The second-order valence-electron chi connectivity index (χ2n) is 6.11. The number of carboxylic acid groups (broad SMARTS) is 1. The number of hydrogen-bond acceptors (Lipinski definition) is 3. The monoisotopic (exact) mass is 375 g/mol. The third kappa shape index (κ3) is 3.68. The number of anilines is 1. The molecule has 1 aliphatic rings. The number of ether oxygens (including phenoxy) is 1. The number of aliphatic carboxylic acids is 1. The van der Waals surface area contributed by atoms with Gasteiger partial charge in [0.15, 0.2) is 0 Å². The minimum absolute atomic E-state index is 0.199. The lowest BCUT2D eigenvalue weighted by molar-refractivity contribution is -0.139. The van der Waals surface area contributed by atoms with Gasteiger partial charge in [-0.05, 0) is 48.7 Å². The van der Waals surface area contributed by atoms with Crippen molar-refractivity contribution in [2.24, 2.45) is 0 Å². The molecule has 0 aliphatic carbocycles. The zero-order chi connectivity index (χ0) is 18.1. The fourth-order valence-electron chi connectivity index (χ4n) is 2.98. The summed E-state index contributed by atoms with van der Waals surface area (Å²) in [7, 11) is 0. The summed E-state index contributed by atoms with van der Waals surface area (Å²) in [5.41, 5.74) is 4.84. The molecule has 0 spiro atoms. The third-order valence-electron chi connectivity index (χ3n) is 4.44. The molecule has 0 amide bonds. The Hall–Kier alpha value is -1.95. The first kappa shape index (κ1) is 17.9. The van der Waals surface area contributed by atoms with Crippen LogP contribution in [0.5, 0.6) is 0 Å². The number of aryl methyl sites for hydroxylation is 1. The van der Waals surface area contributed by atoms with Crippen LogP contribution in [0.3, 0.4) is 0 Å². The van der Waals surface area contributed by atoms with Crippen LogP contribution in [-0.4, -0.2) is 22.2 Å². The standard InChI is InChI=1S/C19H18ClNO3S/c1-10-4-3-5-13(11(10)2)18-14-8-12(20)6-7-15(14)21-19(25)16(24-18)9-17(22)23/h3-8,16,18H,9H2,1-2H3,(H,21,25)(H,22,23). The summed E-state index contributed by atoms with van der Waals surface area (Å²) in [6.07, 6.45) is -1.37. The molecule has 2 unspecified atom stereocenters. The summed E-state index contributed by atoms with van der Waals surface area (Å²) in [6, 6.07) is 11.4. The van der Waals surface area contributed by atoms with Gasteiger partial charge in [-0.15, -0.1) is 0 Å². The van der Waals surface area contributed by atoms with E-state index in [1.54, 1.807) is 6.07 Å². The first-order valence-corrected chi connectivity index (χ1v) is 8.69. The molecule has 0 bridgehead atoms. The van der Waals surface area contributed by atoms with Crippen LogP contribution in [0.4, 0.5) is 5.69 Å². The minimum Gasteiger partial charge on any atom is -0.481 e. The van der Waals surface area contributed by atoms with Gasteiger partial charge in [-0.25, -0.2) is 0 Å². The number of halogens is 1. The first-order chi connectivity index (χ1) is 11.9. The van der Waals surface area contributed by atoms with E-state index in [9.17, 15) is 9.90 Å². The van der Waals surface area contributed by atoms with Crippen LogP contribution in [0.2, 0.25) is 5.02 Å². The number of rotatable bonds is 3. The molecule has 0 fully saturated rings. The van der Waals surface area contributed by atoms with Gasteiger partial charge < -0.3 is 15.2 Å². The van der Waals surface area contributed by atoms with Crippen molar-refractivity contribution >= 4 is 40.5 Å². The van der Waals surface area contributed by atoms with Crippen molar-refractivity contribution in [3.05, 3.63) is 63.7 Å². The van der Waals surface area contributed by atoms with Crippen LogP contribution in [-0.2, 0) is 9.53 Å². The average molecular weight is 376 g/mol. The van der Waals surface area contributed by atoms with Crippen LogP contribution < -0.4 is 5.32 Å². The van der Waals surface area contributed by atoms with E-state index in [4.69, 9.17) is 28.6 Å². The number of hydrogen-bond donors (Lipinski definition) is 2. The Morgan fingerprint density at radius 2 is 2.04 bits per heavy atom. The number of nitrogens with one attached hydrogen (secondary N) is 1. The van der Waals surface area contributed by atoms with E-state index >= 15 is 0 Å². The van der Waals surface area contributed by atoms with Gasteiger partial charge in [-0.1, -0.05) is 42.0 Å². The number of fused-ring (bicyclic) bond motifs is 1. The second-order valence-corrected chi connectivity index (χ2v) is 6.99. The van der Waals surface area contributed by atoms with Gasteiger partial charge >= 0.3 is 5.97 Å². The van der Waals surface area contributed by atoms with Gasteiger partial charge in [0.05, 0.1) is 6.42 Å². The van der Waals surface area contributed by atoms with Crippen molar-refractivity contribution in [1.29, 1.82) is 0 Å². The van der Waals surface area contributed by atoms with Crippen LogP contribution in [0.1, 0.15) is 34.8 Å². The third-order valence-corrected chi connectivity index (χ3v) is 5.04. The van der Waals surface area contributed by atoms with E-state index in [1.165, 1.54) is 0 Å². The molecule has 0 radical (unpaired) electrons. The normalized spacial score (nSPS) is 19.7. The molecule has 2 aromatic rings. The maximum absolute atomic E-state index is 11.2. The quantitative estimate of drug-likeness (QED) is 0.764. The Bertz CT molecular complexity index is 853. The number of carbonyl (C=O) groups is 1. The molecule has 25 heavy (non-hydrogen) atoms. The highest BCUT2D eigenvalue weighted by molar-refractivity contribution is 7.80. The van der Waals surface area contributed by atoms with Crippen LogP contribution in [0, 0.1) is 13.8 Å². The maximum Gasteiger partial charge on any atom is 0.306 e. The SMILES string of the molecule is Cc1cccc(C2OC(CC(=O)O)C(=S)Nc3ccc(Cl)cc32)c1C. The lowest BCUT2D eigenvalue weighted by atomic mass is 9.93. The number of benzene rings is 2. The van der Waals surface area contributed by atoms with Crippen LogP contribution in [0.25, 0.3) is 0 Å². The smallest absolute Gasteiger partial charge is 0.306 e. The van der Waals surface area contributed by atoms with Crippen molar-refractivity contribution < 1.29 is 14.6 Å². The summed E-state index contributed by atoms with van der Waals surface area (Å²) >= 11 is 11.6. The molecular formula is C19H18ClNO3S. The van der Waals surface area contributed by atoms with Gasteiger partial charge in [0.2, 0.25) is 0 Å². The van der Waals surface area contributed by atoms with Gasteiger partial charge in [-0.2, -0.15) is 0 Å². The van der Waals surface area contributed by atoms with E-state index in [2.05, 4.69) is 5.32 Å². The van der Waals surface area contributed by atoms with Crippen LogP contribution >= 0.6 is 23.8 Å². The second kappa shape index (κ2) is 7.12. The molecule has 2 aromatic carbocycles. The summed E-state index contributed by atoms with van der Waals surface area (Å²) < 4.78 is 6.19. The molecule has 1 heterocycles. The molecule has 4 nitrogen and oxygen atoms in total. The van der Waals surface area contributed by atoms with Gasteiger partial charge in [0.1, 0.15) is 17.2 Å². The molecular weight excluding hydrogens is 358 g/mol. The molecule has 0 saturated carbocycles. The Balaban J connectivity index is 2.15. The summed E-state index contributed by atoms with van der Waals surface area (Å²) in [6.45, 7) is 4.06. The number of thiocarbonyl (C=S) groups is 1. The van der Waals surface area contributed by atoms with Gasteiger partial charge in [0, 0.05) is 16.3 Å². The largest absolute Gasteiger partial charge is 0.481 e. The molecule has 130 valence electrons. The van der Waals surface area contributed by atoms with E-state index in [0.29, 0.717) is 10.0 Å². The van der Waals surface area contributed by atoms with E-state index in [-0.39, 0.29) is 6.42 Å². The Kier molecular flexibility index (Phi) is 5.08. The lowest BCUT2D eigenvalue weighted by Gasteiger charge is -2.24. The molecule has 0 saturated heterocycles. The van der Waals surface area contributed by atoms with Crippen molar-refractivity contribution in [2.75, 3.05) is 5.32 Å². The predicted molar refractivity (Wildman–Crippen MR) is 103 cm³/mol. The zero-order valence-electron chi connectivity index (χ0n) is 13.9. The highest BCUT2D eigenvalue weighted by Crippen LogP contribution is 2.39. The minimum atomic E-state index is -0.960. The van der Waals surface area contributed by atoms with Gasteiger partial charge in [0.25, 0.3) is 0 Å². The van der Waals surface area contributed by atoms with E-state index in [1.807, 2.05) is 44.2 Å². The number of carboxylic acids is 1. The van der Waals surface area contributed by atoms with Crippen molar-refractivity contribution in [3.8, 4) is 0 Å². The first-order valence-electron chi connectivity index (χ1n) is 7.90. The Morgan fingerprint density at radius 1 is 1.28 bits per heavy atom. The highest BCUT2D eigenvalue weighted by atomic mass is 35.5. The molecule has 1 aliphatic heterocycles. The van der Waals surface area contributed by atoms with Crippen molar-refractivity contribution in [1.82, 2.24) is 0 Å². The van der Waals surface area contributed by atoms with Crippen molar-refractivity contribution in [2.45, 2.75) is 32.5 Å². The highest BCUT2D eigenvalue weighted by Gasteiger charge is 2.31. The summed E-state index contributed by atoms with van der Waals surface area (Å²) in [4.78, 5) is 11.6. The molecule has 2 N–H and O–H groups in total. The van der Waals surface area contributed by atoms with E-state index < -0.39 is 18.2 Å². The predicted octanol–water partition coefficient (Wildman–Crippen LogP) is 4.66. The molecule has 2 atom stereocenters. The van der Waals surface area contributed by atoms with Crippen LogP contribution in [0.15, 0.2) is 36.4 Å². The summed E-state index contributed by atoms with van der Waals surface area (Å²) in [5.74, 6) is -0.960. The Labute approximate surface area is 156 Å². The van der Waals surface area contributed by atoms with Crippen molar-refractivity contribution in [3.63, 3.8) is 0 Å². The van der Waals surface area contributed by atoms with E-state index in [0.717, 1.165) is 27.9 Å². The van der Waals surface area contributed by atoms with Gasteiger partial charge in [-0.3, -0.25) is 4.79 Å². The zero-order valence-corrected chi connectivity index (χ0v) is 15.4. The fraction of sp³-hybridized carbons (Fsp3) is 0.263. The topological polar surface area (TPSA) is 58.6 Å². The Morgan fingerprint density at radius 3 is 2.76 bits per heavy atom. The summed E-state index contributed by atoms with van der Waals surface area (Å²) in [5, 5.41) is 12.9. The molecule has 0 aromatic heterocycles. The average Bonchev–Trinajstić information content (AvgIpc) is 2.67. The fourth-order valence-corrected chi connectivity index (χ4v) is 3.40. The lowest BCUT2D eigenvalue weighted by Crippen LogP contribution is -2.30. The molecule has 6 heteroatoms.